The number of carbonyl (C=O) groups is 1. The average Bonchev–Trinajstić information content (AvgIpc) is 3.33. The average molecular weight is 367 g/mol. The molecule has 2 heterocycles. The van der Waals surface area contributed by atoms with E-state index >= 15 is 0 Å². The molecule has 2 aromatic carbocycles. The van der Waals surface area contributed by atoms with Crippen LogP contribution in [0.1, 0.15) is 34.1 Å². The van der Waals surface area contributed by atoms with Gasteiger partial charge in [0.1, 0.15) is 11.5 Å². The number of benzene rings is 2. The van der Waals surface area contributed by atoms with Gasteiger partial charge in [-0.15, -0.1) is 11.3 Å². The molecule has 0 aliphatic carbocycles. The summed E-state index contributed by atoms with van der Waals surface area (Å²) in [5.41, 5.74) is 1.01. The zero-order chi connectivity index (χ0) is 18.1. The lowest BCUT2D eigenvalue weighted by molar-refractivity contribution is 0.0739. The highest BCUT2D eigenvalue weighted by Crippen LogP contribution is 2.40. The van der Waals surface area contributed by atoms with E-state index in [0.717, 1.165) is 51.4 Å². The molecular weight excluding hydrogens is 346 g/mol. The molecule has 1 unspecified atom stereocenters. The Hall–Kier alpha value is -2.53. The van der Waals surface area contributed by atoms with E-state index < -0.39 is 0 Å². The van der Waals surface area contributed by atoms with E-state index in [-0.39, 0.29) is 11.9 Å². The molecule has 0 N–H and O–H groups in total. The largest absolute Gasteiger partial charge is 0.497 e. The normalized spacial score (nSPS) is 16.8. The van der Waals surface area contributed by atoms with E-state index in [4.69, 9.17) is 9.47 Å². The van der Waals surface area contributed by atoms with Crippen molar-refractivity contribution >= 4 is 27.3 Å². The number of hydrogen-bond acceptors (Lipinski definition) is 4. The van der Waals surface area contributed by atoms with Gasteiger partial charge < -0.3 is 14.4 Å². The molecule has 4 rings (SSSR count). The topological polar surface area (TPSA) is 38.8 Å². The predicted octanol–water partition coefficient (Wildman–Crippen LogP) is 4.90. The van der Waals surface area contributed by atoms with E-state index in [1.807, 2.05) is 41.3 Å². The smallest absolute Gasteiger partial charge is 0.264 e. The van der Waals surface area contributed by atoms with Gasteiger partial charge in [-0.1, -0.05) is 18.2 Å². The first-order chi connectivity index (χ1) is 12.7. The third-order valence-electron chi connectivity index (χ3n) is 4.95. The fourth-order valence-electron chi connectivity index (χ4n) is 3.66. The van der Waals surface area contributed by atoms with Gasteiger partial charge in [-0.05, 0) is 48.6 Å². The molecule has 4 nitrogen and oxygen atoms in total. The summed E-state index contributed by atoms with van der Waals surface area (Å²) in [4.78, 5) is 16.0. The van der Waals surface area contributed by atoms with E-state index in [9.17, 15) is 4.79 Å². The number of ether oxygens (including phenoxy) is 2. The van der Waals surface area contributed by atoms with Crippen LogP contribution in [0.3, 0.4) is 0 Å². The Balaban J connectivity index is 1.69. The molecule has 1 aliphatic heterocycles. The Labute approximate surface area is 157 Å². The summed E-state index contributed by atoms with van der Waals surface area (Å²) in [5.74, 6) is 1.67. The first-order valence-corrected chi connectivity index (χ1v) is 9.54. The van der Waals surface area contributed by atoms with Crippen LogP contribution in [-0.2, 0) is 0 Å². The second-order valence-electron chi connectivity index (χ2n) is 6.41. The lowest BCUT2D eigenvalue weighted by atomic mass is 10.0. The quantitative estimate of drug-likeness (QED) is 0.659. The first-order valence-electron chi connectivity index (χ1n) is 8.72. The van der Waals surface area contributed by atoms with Crippen LogP contribution < -0.4 is 9.47 Å². The monoisotopic (exact) mass is 367 g/mol. The number of methoxy groups -OCH3 is 2. The number of likely N-dealkylation sites (tertiary alicyclic amines) is 1. The molecule has 0 saturated carbocycles. The van der Waals surface area contributed by atoms with E-state index in [1.54, 1.807) is 25.6 Å². The van der Waals surface area contributed by atoms with Gasteiger partial charge in [0.15, 0.2) is 0 Å². The van der Waals surface area contributed by atoms with Gasteiger partial charge >= 0.3 is 0 Å². The van der Waals surface area contributed by atoms with Crippen LogP contribution in [0.4, 0.5) is 0 Å². The van der Waals surface area contributed by atoms with E-state index in [0.29, 0.717) is 0 Å². The molecule has 1 fully saturated rings. The second kappa shape index (κ2) is 7.00. The van der Waals surface area contributed by atoms with Gasteiger partial charge in [0.05, 0.1) is 25.1 Å². The van der Waals surface area contributed by atoms with E-state index in [1.165, 1.54) is 0 Å². The lowest BCUT2D eigenvalue weighted by Crippen LogP contribution is -2.30. The SMILES string of the molecule is COc1ccc(OC)c(C2CCCN2C(=O)c2cc3ccccc3s2)c1. The van der Waals surface area contributed by atoms with Crippen LogP contribution in [0.15, 0.2) is 48.5 Å². The Morgan fingerprint density at radius 3 is 2.73 bits per heavy atom. The molecule has 0 spiro atoms. The molecule has 1 aliphatic rings. The fourth-order valence-corrected chi connectivity index (χ4v) is 4.68. The molecule has 1 saturated heterocycles. The van der Waals surface area contributed by atoms with Crippen molar-refractivity contribution in [2.75, 3.05) is 20.8 Å². The molecule has 1 aromatic heterocycles. The number of carbonyl (C=O) groups excluding carboxylic acids is 1. The summed E-state index contributed by atoms with van der Waals surface area (Å²) in [5, 5.41) is 1.12. The summed E-state index contributed by atoms with van der Waals surface area (Å²) in [7, 11) is 3.32. The number of thiophene rings is 1. The maximum Gasteiger partial charge on any atom is 0.264 e. The molecule has 3 aromatic rings. The van der Waals surface area contributed by atoms with Crippen LogP contribution >= 0.6 is 11.3 Å². The number of nitrogens with zero attached hydrogens (tertiary/aromatic N) is 1. The van der Waals surface area contributed by atoms with Gasteiger partial charge in [-0.25, -0.2) is 0 Å². The van der Waals surface area contributed by atoms with E-state index in [2.05, 4.69) is 12.1 Å². The molecule has 5 heteroatoms. The summed E-state index contributed by atoms with van der Waals surface area (Å²) < 4.78 is 12.1. The van der Waals surface area contributed by atoms with Crippen molar-refractivity contribution in [1.29, 1.82) is 0 Å². The van der Waals surface area contributed by atoms with Crippen LogP contribution in [0.5, 0.6) is 11.5 Å². The maximum absolute atomic E-state index is 13.2. The zero-order valence-corrected chi connectivity index (χ0v) is 15.7. The Kier molecular flexibility index (Phi) is 4.55. The zero-order valence-electron chi connectivity index (χ0n) is 14.9. The maximum atomic E-state index is 13.2. The first kappa shape index (κ1) is 16.9. The van der Waals surface area contributed by atoms with Gasteiger partial charge in [0.2, 0.25) is 0 Å². The van der Waals surface area contributed by atoms with Crippen molar-refractivity contribution in [2.24, 2.45) is 0 Å². The van der Waals surface area contributed by atoms with Gasteiger partial charge in [-0.2, -0.15) is 0 Å². The number of fused-ring (bicyclic) bond motifs is 1. The number of amides is 1. The highest BCUT2D eigenvalue weighted by Gasteiger charge is 2.33. The third kappa shape index (κ3) is 2.92. The molecular formula is C21H21NO3S. The minimum atomic E-state index is 0.0118. The molecule has 26 heavy (non-hydrogen) atoms. The Morgan fingerprint density at radius 2 is 1.96 bits per heavy atom. The predicted molar refractivity (Wildman–Crippen MR) is 104 cm³/mol. The minimum Gasteiger partial charge on any atom is -0.497 e. The van der Waals surface area contributed by atoms with Crippen LogP contribution in [-0.4, -0.2) is 31.6 Å². The van der Waals surface area contributed by atoms with Gasteiger partial charge in [0.25, 0.3) is 5.91 Å². The number of rotatable bonds is 4. The van der Waals surface area contributed by atoms with Crippen molar-refractivity contribution in [2.45, 2.75) is 18.9 Å². The molecule has 0 bridgehead atoms. The molecule has 1 amide bonds. The third-order valence-corrected chi connectivity index (χ3v) is 6.05. The second-order valence-corrected chi connectivity index (χ2v) is 7.50. The Bertz CT molecular complexity index is 916. The highest BCUT2D eigenvalue weighted by molar-refractivity contribution is 7.20. The lowest BCUT2D eigenvalue weighted by Gasteiger charge is -2.26. The van der Waals surface area contributed by atoms with Crippen LogP contribution in [0.25, 0.3) is 10.1 Å². The van der Waals surface area contributed by atoms with Crippen LogP contribution in [0, 0.1) is 0 Å². The van der Waals surface area contributed by atoms with Crippen molar-refractivity contribution in [3.8, 4) is 11.5 Å². The van der Waals surface area contributed by atoms with Crippen molar-refractivity contribution in [3.05, 3.63) is 59.0 Å². The van der Waals surface area contributed by atoms with Gasteiger partial charge in [-0.3, -0.25) is 4.79 Å². The van der Waals surface area contributed by atoms with Crippen molar-refractivity contribution in [1.82, 2.24) is 4.90 Å². The molecule has 1 atom stereocenters. The summed E-state index contributed by atoms with van der Waals surface area (Å²) in [6, 6.07) is 15.9. The number of hydrogen-bond donors (Lipinski definition) is 0. The van der Waals surface area contributed by atoms with Crippen molar-refractivity contribution in [3.63, 3.8) is 0 Å². The Morgan fingerprint density at radius 1 is 1.12 bits per heavy atom. The highest BCUT2D eigenvalue weighted by atomic mass is 32.1. The summed E-state index contributed by atoms with van der Waals surface area (Å²) in [6.45, 7) is 0.762. The summed E-state index contributed by atoms with van der Waals surface area (Å²) in [6.07, 6.45) is 1.92. The van der Waals surface area contributed by atoms with Crippen LogP contribution in [0.2, 0.25) is 0 Å². The standard InChI is InChI=1S/C21H21NO3S/c1-24-15-9-10-18(25-2)16(13-15)17-7-5-11-22(17)21(23)20-12-14-6-3-4-8-19(14)26-20/h3-4,6,8-10,12-13,17H,5,7,11H2,1-2H3. The van der Waals surface area contributed by atoms with Gasteiger partial charge in [0, 0.05) is 16.8 Å². The molecule has 134 valence electrons. The molecule has 0 radical (unpaired) electrons. The summed E-state index contributed by atoms with van der Waals surface area (Å²) >= 11 is 1.56. The van der Waals surface area contributed by atoms with Crippen molar-refractivity contribution < 1.29 is 14.3 Å². The fraction of sp³-hybridized carbons (Fsp3) is 0.286. The minimum absolute atomic E-state index is 0.0118.